The molecule has 0 radical (unpaired) electrons. The topological polar surface area (TPSA) is 15.3 Å². The van der Waals surface area contributed by atoms with Crippen LogP contribution in [0.5, 0.6) is 0 Å². The van der Waals surface area contributed by atoms with Crippen LogP contribution in [0.1, 0.15) is 26.2 Å². The highest BCUT2D eigenvalue weighted by Crippen LogP contribution is 2.19. The van der Waals surface area contributed by atoms with Crippen LogP contribution in [0.4, 0.5) is 5.69 Å². The summed E-state index contributed by atoms with van der Waals surface area (Å²) in [5.41, 5.74) is 1.33. The van der Waals surface area contributed by atoms with Crippen molar-refractivity contribution in [1.29, 1.82) is 0 Å². The Kier molecular flexibility index (Phi) is 4.66. The third-order valence-electron chi connectivity index (χ3n) is 3.66. The van der Waals surface area contributed by atoms with E-state index in [1.807, 2.05) is 0 Å². The zero-order valence-electron chi connectivity index (χ0n) is 11.1. The number of nitrogens with zero attached hydrogens (tertiary/aromatic N) is 1. The monoisotopic (exact) mass is 242 g/mol. The largest absolute Gasteiger partial charge is 0.371 e. The molecule has 2 heteroatoms. The quantitative estimate of drug-likeness (QED) is 0.817. The molecule has 0 bridgehead atoms. The van der Waals surface area contributed by atoms with E-state index in [-0.39, 0.29) is 6.04 Å². The molecule has 0 aliphatic carbocycles. The molecule has 1 aromatic rings. The Bertz CT molecular complexity index is 385. The number of piperidine rings is 1. The van der Waals surface area contributed by atoms with Gasteiger partial charge in [-0.2, -0.15) is 0 Å². The zero-order valence-corrected chi connectivity index (χ0v) is 11.1. The van der Waals surface area contributed by atoms with Crippen LogP contribution in [0.25, 0.3) is 0 Å². The number of hydrogen-bond donors (Lipinski definition) is 1. The SMILES string of the molecule is C#CC(CC)NC1CCN(c2ccccc2)CC1. The van der Waals surface area contributed by atoms with Crippen LogP contribution in [-0.2, 0) is 0 Å². The van der Waals surface area contributed by atoms with Gasteiger partial charge in [0, 0.05) is 24.8 Å². The molecule has 0 spiro atoms. The van der Waals surface area contributed by atoms with Crippen molar-refractivity contribution in [3.63, 3.8) is 0 Å². The molecule has 18 heavy (non-hydrogen) atoms. The van der Waals surface area contributed by atoms with E-state index in [0.29, 0.717) is 6.04 Å². The van der Waals surface area contributed by atoms with Crippen molar-refractivity contribution < 1.29 is 0 Å². The molecule has 2 nitrogen and oxygen atoms in total. The number of nitrogens with one attached hydrogen (secondary N) is 1. The highest BCUT2D eigenvalue weighted by atomic mass is 15.1. The third-order valence-corrected chi connectivity index (χ3v) is 3.66. The molecule has 96 valence electrons. The molecule has 1 N–H and O–H groups in total. The molecule has 1 aliphatic heterocycles. The smallest absolute Gasteiger partial charge is 0.0686 e. The fourth-order valence-electron chi connectivity index (χ4n) is 2.51. The number of anilines is 1. The second-order valence-electron chi connectivity index (χ2n) is 4.89. The van der Waals surface area contributed by atoms with Gasteiger partial charge in [-0.1, -0.05) is 31.0 Å². The van der Waals surface area contributed by atoms with E-state index in [9.17, 15) is 0 Å². The van der Waals surface area contributed by atoms with Gasteiger partial charge in [-0.3, -0.25) is 0 Å². The molecule has 1 atom stereocenters. The van der Waals surface area contributed by atoms with E-state index < -0.39 is 0 Å². The Morgan fingerprint density at radius 2 is 2.00 bits per heavy atom. The van der Waals surface area contributed by atoms with Crippen molar-refractivity contribution >= 4 is 5.69 Å². The van der Waals surface area contributed by atoms with Crippen molar-refractivity contribution in [3.05, 3.63) is 30.3 Å². The highest BCUT2D eigenvalue weighted by Gasteiger charge is 2.20. The first kappa shape index (κ1) is 13.0. The Labute approximate surface area is 110 Å². The van der Waals surface area contributed by atoms with Crippen LogP contribution >= 0.6 is 0 Å². The summed E-state index contributed by atoms with van der Waals surface area (Å²) in [6.07, 6.45) is 8.85. The first-order chi connectivity index (χ1) is 8.83. The lowest BCUT2D eigenvalue weighted by Crippen LogP contribution is -2.45. The zero-order chi connectivity index (χ0) is 12.8. The fourth-order valence-corrected chi connectivity index (χ4v) is 2.51. The van der Waals surface area contributed by atoms with Gasteiger partial charge in [-0.05, 0) is 31.4 Å². The lowest BCUT2D eigenvalue weighted by atomic mass is 10.0. The van der Waals surface area contributed by atoms with E-state index in [4.69, 9.17) is 6.42 Å². The lowest BCUT2D eigenvalue weighted by molar-refractivity contribution is 0.391. The molecule has 1 aliphatic rings. The minimum Gasteiger partial charge on any atom is -0.371 e. The van der Waals surface area contributed by atoms with Crippen molar-refractivity contribution in [2.24, 2.45) is 0 Å². The van der Waals surface area contributed by atoms with Gasteiger partial charge in [-0.25, -0.2) is 0 Å². The van der Waals surface area contributed by atoms with Crippen LogP contribution in [0.3, 0.4) is 0 Å². The first-order valence-electron chi connectivity index (χ1n) is 6.85. The van der Waals surface area contributed by atoms with Crippen LogP contribution in [0, 0.1) is 12.3 Å². The molecule has 2 rings (SSSR count). The van der Waals surface area contributed by atoms with Crippen LogP contribution in [0.2, 0.25) is 0 Å². The summed E-state index contributed by atoms with van der Waals surface area (Å²) in [5, 5.41) is 3.56. The van der Waals surface area contributed by atoms with Crippen molar-refractivity contribution in [3.8, 4) is 12.3 Å². The van der Waals surface area contributed by atoms with E-state index in [2.05, 4.69) is 53.4 Å². The molecule has 0 saturated carbocycles. The molecule has 1 heterocycles. The maximum atomic E-state index is 5.50. The van der Waals surface area contributed by atoms with E-state index in [1.54, 1.807) is 0 Å². The molecule has 1 fully saturated rings. The van der Waals surface area contributed by atoms with Crippen molar-refractivity contribution in [1.82, 2.24) is 5.32 Å². The fraction of sp³-hybridized carbons (Fsp3) is 0.500. The Morgan fingerprint density at radius 1 is 1.33 bits per heavy atom. The van der Waals surface area contributed by atoms with Crippen LogP contribution in [-0.4, -0.2) is 25.2 Å². The van der Waals surface area contributed by atoms with E-state index in [0.717, 1.165) is 19.5 Å². The second-order valence-corrected chi connectivity index (χ2v) is 4.89. The number of benzene rings is 1. The standard InChI is InChI=1S/C16H22N2/c1-3-14(4-2)17-15-10-12-18(13-11-15)16-8-6-5-7-9-16/h1,5-9,14-15,17H,4,10-13H2,2H3. The van der Waals surface area contributed by atoms with Gasteiger partial charge in [0.2, 0.25) is 0 Å². The van der Waals surface area contributed by atoms with Gasteiger partial charge in [0.25, 0.3) is 0 Å². The number of rotatable bonds is 4. The Balaban J connectivity index is 1.83. The van der Waals surface area contributed by atoms with Crippen molar-refractivity contribution in [2.75, 3.05) is 18.0 Å². The number of terminal acetylenes is 1. The Hall–Kier alpha value is -1.46. The summed E-state index contributed by atoms with van der Waals surface area (Å²) in [7, 11) is 0. The van der Waals surface area contributed by atoms with Crippen LogP contribution in [0.15, 0.2) is 30.3 Å². The summed E-state index contributed by atoms with van der Waals surface area (Å²) < 4.78 is 0. The molecular formula is C16H22N2. The molecule has 0 amide bonds. The Morgan fingerprint density at radius 3 is 2.56 bits per heavy atom. The summed E-state index contributed by atoms with van der Waals surface area (Å²) >= 11 is 0. The summed E-state index contributed by atoms with van der Waals surface area (Å²) in [6.45, 7) is 4.36. The second kappa shape index (κ2) is 6.47. The molecule has 0 aromatic heterocycles. The molecule has 1 unspecified atom stereocenters. The van der Waals surface area contributed by atoms with Gasteiger partial charge in [-0.15, -0.1) is 6.42 Å². The normalized spacial score (nSPS) is 18.3. The minimum atomic E-state index is 0.235. The van der Waals surface area contributed by atoms with Crippen LogP contribution < -0.4 is 10.2 Å². The molecule has 1 saturated heterocycles. The maximum absolute atomic E-state index is 5.50. The third kappa shape index (κ3) is 3.27. The van der Waals surface area contributed by atoms with Gasteiger partial charge < -0.3 is 10.2 Å². The van der Waals surface area contributed by atoms with E-state index >= 15 is 0 Å². The maximum Gasteiger partial charge on any atom is 0.0686 e. The first-order valence-corrected chi connectivity index (χ1v) is 6.85. The lowest BCUT2D eigenvalue weighted by Gasteiger charge is -2.35. The summed E-state index contributed by atoms with van der Waals surface area (Å²) in [5.74, 6) is 2.82. The average molecular weight is 242 g/mol. The van der Waals surface area contributed by atoms with Crippen molar-refractivity contribution in [2.45, 2.75) is 38.3 Å². The predicted octanol–water partition coefficient (Wildman–Crippen LogP) is 2.66. The highest BCUT2D eigenvalue weighted by molar-refractivity contribution is 5.46. The predicted molar refractivity (Wildman–Crippen MR) is 77.7 cm³/mol. The number of para-hydroxylation sites is 1. The van der Waals surface area contributed by atoms with Gasteiger partial charge in [0.05, 0.1) is 6.04 Å². The van der Waals surface area contributed by atoms with Gasteiger partial charge >= 0.3 is 0 Å². The number of hydrogen-bond acceptors (Lipinski definition) is 2. The summed E-state index contributed by atoms with van der Waals surface area (Å²) in [6, 6.07) is 11.4. The van der Waals surface area contributed by atoms with E-state index in [1.165, 1.54) is 18.5 Å². The average Bonchev–Trinajstić information content (AvgIpc) is 2.46. The van der Waals surface area contributed by atoms with Gasteiger partial charge in [0.1, 0.15) is 0 Å². The molecule has 1 aromatic carbocycles. The van der Waals surface area contributed by atoms with Gasteiger partial charge in [0.15, 0.2) is 0 Å². The molecular weight excluding hydrogens is 220 g/mol. The minimum absolute atomic E-state index is 0.235. The summed E-state index contributed by atoms with van der Waals surface area (Å²) in [4.78, 5) is 2.45.